The lowest BCUT2D eigenvalue weighted by Gasteiger charge is -2.27. The highest BCUT2D eigenvalue weighted by Crippen LogP contribution is 2.33. The molecule has 0 saturated carbocycles. The molecular weight excluding hydrogens is 306 g/mol. The fraction of sp³-hybridized carbons (Fsp3) is 0.429. The Morgan fingerprint density at radius 1 is 1.47 bits per heavy atom. The lowest BCUT2D eigenvalue weighted by atomic mass is 10.0. The van der Waals surface area contributed by atoms with E-state index in [-0.39, 0.29) is 12.6 Å². The molecule has 2 aromatic heterocycles. The van der Waals surface area contributed by atoms with Gasteiger partial charge in [0.1, 0.15) is 5.52 Å². The molecular formula is C14H16BrN3O. The van der Waals surface area contributed by atoms with Gasteiger partial charge in [-0.2, -0.15) is 0 Å². The first kappa shape index (κ1) is 12.8. The van der Waals surface area contributed by atoms with Crippen LogP contribution in [0.5, 0.6) is 0 Å². The van der Waals surface area contributed by atoms with E-state index in [1.54, 1.807) is 6.20 Å². The summed E-state index contributed by atoms with van der Waals surface area (Å²) in [5, 5.41) is 9.60. The predicted octanol–water partition coefficient (Wildman–Crippen LogP) is 2.60. The van der Waals surface area contributed by atoms with Crippen LogP contribution in [0, 0.1) is 5.92 Å². The molecule has 4 nitrogen and oxygen atoms in total. The molecule has 3 rings (SSSR count). The van der Waals surface area contributed by atoms with Crippen LogP contribution in [0.1, 0.15) is 13.3 Å². The van der Waals surface area contributed by atoms with Crippen molar-refractivity contribution in [1.82, 2.24) is 9.97 Å². The normalized spacial score (nSPS) is 23.2. The number of aromatic nitrogens is 2. The van der Waals surface area contributed by atoms with Crippen LogP contribution in [0.2, 0.25) is 0 Å². The third kappa shape index (κ3) is 2.21. The summed E-state index contributed by atoms with van der Waals surface area (Å²) in [5.74, 6) is 0.503. The van der Waals surface area contributed by atoms with E-state index < -0.39 is 0 Å². The highest BCUT2D eigenvalue weighted by atomic mass is 79.9. The molecule has 19 heavy (non-hydrogen) atoms. The topological polar surface area (TPSA) is 49.2 Å². The van der Waals surface area contributed by atoms with E-state index in [9.17, 15) is 5.11 Å². The number of rotatable bonds is 2. The van der Waals surface area contributed by atoms with Gasteiger partial charge < -0.3 is 10.0 Å². The second kappa shape index (κ2) is 5.06. The molecule has 0 aromatic carbocycles. The maximum absolute atomic E-state index is 9.60. The van der Waals surface area contributed by atoms with Crippen molar-refractivity contribution in [2.75, 3.05) is 18.1 Å². The second-order valence-electron chi connectivity index (χ2n) is 5.06. The van der Waals surface area contributed by atoms with E-state index in [1.807, 2.05) is 18.3 Å². The Balaban J connectivity index is 2.10. The van der Waals surface area contributed by atoms with Crippen LogP contribution in [0.3, 0.4) is 0 Å². The number of fused-ring (bicyclic) bond motifs is 1. The van der Waals surface area contributed by atoms with Gasteiger partial charge in [-0.3, -0.25) is 9.97 Å². The summed E-state index contributed by atoms with van der Waals surface area (Å²) in [4.78, 5) is 11.1. The van der Waals surface area contributed by atoms with Crippen molar-refractivity contribution in [1.29, 1.82) is 0 Å². The molecule has 1 N–H and O–H groups in total. The maximum atomic E-state index is 9.60. The summed E-state index contributed by atoms with van der Waals surface area (Å²) < 4.78 is 0.929. The van der Waals surface area contributed by atoms with Crippen LogP contribution in [-0.4, -0.2) is 34.3 Å². The first-order valence-electron chi connectivity index (χ1n) is 6.48. The Bertz CT molecular complexity index is 604. The summed E-state index contributed by atoms with van der Waals surface area (Å²) in [5.41, 5.74) is 2.85. The molecule has 1 fully saturated rings. The molecule has 1 aliphatic rings. The van der Waals surface area contributed by atoms with Crippen molar-refractivity contribution < 1.29 is 5.11 Å². The Morgan fingerprint density at radius 3 is 3.11 bits per heavy atom. The number of halogens is 1. The predicted molar refractivity (Wildman–Crippen MR) is 79.2 cm³/mol. The van der Waals surface area contributed by atoms with Crippen molar-refractivity contribution >= 4 is 32.7 Å². The van der Waals surface area contributed by atoms with Gasteiger partial charge in [0.15, 0.2) is 0 Å². The fourth-order valence-electron chi connectivity index (χ4n) is 2.81. The van der Waals surface area contributed by atoms with Gasteiger partial charge in [-0.25, -0.2) is 0 Å². The third-order valence-electron chi connectivity index (χ3n) is 3.90. The number of pyridine rings is 2. The number of anilines is 1. The van der Waals surface area contributed by atoms with Gasteiger partial charge in [-0.15, -0.1) is 0 Å². The van der Waals surface area contributed by atoms with Crippen molar-refractivity contribution in [3.8, 4) is 0 Å². The number of nitrogens with zero attached hydrogens (tertiary/aromatic N) is 3. The van der Waals surface area contributed by atoms with E-state index >= 15 is 0 Å². The van der Waals surface area contributed by atoms with Gasteiger partial charge in [0.05, 0.1) is 23.9 Å². The molecule has 0 amide bonds. The molecule has 1 aliphatic heterocycles. The van der Waals surface area contributed by atoms with Crippen LogP contribution in [0.25, 0.3) is 11.0 Å². The van der Waals surface area contributed by atoms with Crippen LogP contribution in [0.4, 0.5) is 5.69 Å². The first-order valence-corrected chi connectivity index (χ1v) is 7.28. The minimum Gasteiger partial charge on any atom is -0.394 e. The standard InChI is InChI=1S/C14H16BrN3O/c1-9-3-5-18(13(9)8-19)12-2-4-16-11-6-10(15)7-17-14(11)12/h2,4,6-7,9,13,19H,3,5,8H2,1H3. The monoisotopic (exact) mass is 321 g/mol. The third-order valence-corrected chi connectivity index (χ3v) is 4.34. The van der Waals surface area contributed by atoms with Crippen LogP contribution < -0.4 is 4.90 Å². The number of hydrogen-bond donors (Lipinski definition) is 1. The number of hydrogen-bond acceptors (Lipinski definition) is 4. The summed E-state index contributed by atoms with van der Waals surface area (Å²) in [6, 6.07) is 4.14. The van der Waals surface area contributed by atoms with Gasteiger partial charge in [0.25, 0.3) is 0 Å². The SMILES string of the molecule is CC1CCN(c2ccnc3cc(Br)cnc23)C1CO. The zero-order valence-corrected chi connectivity index (χ0v) is 12.3. The smallest absolute Gasteiger partial charge is 0.112 e. The van der Waals surface area contributed by atoms with Crippen LogP contribution in [0.15, 0.2) is 29.0 Å². The maximum Gasteiger partial charge on any atom is 0.112 e. The summed E-state index contributed by atoms with van der Waals surface area (Å²) in [7, 11) is 0. The van der Waals surface area contributed by atoms with Gasteiger partial charge in [-0.1, -0.05) is 6.92 Å². The van der Waals surface area contributed by atoms with Crippen molar-refractivity contribution in [3.05, 3.63) is 29.0 Å². The van der Waals surface area contributed by atoms with Gasteiger partial charge in [0.2, 0.25) is 0 Å². The minimum absolute atomic E-state index is 0.177. The van der Waals surface area contributed by atoms with Crippen molar-refractivity contribution in [2.24, 2.45) is 5.92 Å². The number of aliphatic hydroxyl groups is 1. The van der Waals surface area contributed by atoms with Crippen LogP contribution in [-0.2, 0) is 0 Å². The molecule has 0 bridgehead atoms. The second-order valence-corrected chi connectivity index (χ2v) is 5.98. The molecule has 2 aromatic rings. The molecule has 100 valence electrons. The number of aliphatic hydroxyl groups excluding tert-OH is 1. The molecule has 0 aliphatic carbocycles. The van der Waals surface area contributed by atoms with E-state index in [1.165, 1.54) is 0 Å². The highest BCUT2D eigenvalue weighted by Gasteiger charge is 2.31. The molecule has 2 atom stereocenters. The van der Waals surface area contributed by atoms with Gasteiger partial charge in [0, 0.05) is 23.4 Å². The van der Waals surface area contributed by atoms with E-state index in [4.69, 9.17) is 0 Å². The lowest BCUT2D eigenvalue weighted by Crippen LogP contribution is -2.35. The van der Waals surface area contributed by atoms with Gasteiger partial charge in [-0.05, 0) is 40.4 Å². The largest absolute Gasteiger partial charge is 0.394 e. The van der Waals surface area contributed by atoms with Gasteiger partial charge >= 0.3 is 0 Å². The Kier molecular flexibility index (Phi) is 3.41. The summed E-state index contributed by atoms with van der Waals surface area (Å²) >= 11 is 3.42. The lowest BCUT2D eigenvalue weighted by molar-refractivity contribution is 0.245. The van der Waals surface area contributed by atoms with Crippen LogP contribution >= 0.6 is 15.9 Å². The average molecular weight is 322 g/mol. The van der Waals surface area contributed by atoms with E-state index in [0.717, 1.165) is 34.2 Å². The average Bonchev–Trinajstić information content (AvgIpc) is 2.78. The Labute approximate surface area is 120 Å². The molecule has 1 saturated heterocycles. The Hall–Kier alpha value is -1.20. The molecule has 0 radical (unpaired) electrons. The van der Waals surface area contributed by atoms with E-state index in [0.29, 0.717) is 5.92 Å². The van der Waals surface area contributed by atoms with Crippen molar-refractivity contribution in [2.45, 2.75) is 19.4 Å². The molecule has 3 heterocycles. The zero-order valence-electron chi connectivity index (χ0n) is 10.8. The van der Waals surface area contributed by atoms with E-state index in [2.05, 4.69) is 37.7 Å². The highest BCUT2D eigenvalue weighted by molar-refractivity contribution is 9.10. The Morgan fingerprint density at radius 2 is 2.32 bits per heavy atom. The fourth-order valence-corrected chi connectivity index (χ4v) is 3.13. The molecule has 2 unspecified atom stereocenters. The zero-order chi connectivity index (χ0) is 13.4. The molecule has 0 spiro atoms. The quantitative estimate of drug-likeness (QED) is 0.923. The molecule has 5 heteroatoms. The van der Waals surface area contributed by atoms with Crippen molar-refractivity contribution in [3.63, 3.8) is 0 Å². The minimum atomic E-state index is 0.177. The first-order chi connectivity index (χ1) is 9.20. The summed E-state index contributed by atoms with van der Waals surface area (Å²) in [6.07, 6.45) is 4.70. The summed E-state index contributed by atoms with van der Waals surface area (Å²) in [6.45, 7) is 3.33.